The van der Waals surface area contributed by atoms with Crippen LogP contribution >= 0.6 is 0 Å². The molecule has 3 aromatic rings. The van der Waals surface area contributed by atoms with Crippen LogP contribution in [-0.4, -0.2) is 64.8 Å². The first-order chi connectivity index (χ1) is 20.7. The zero-order valence-electron chi connectivity index (χ0n) is 25.3. The number of methoxy groups -OCH3 is 4. The van der Waals surface area contributed by atoms with Gasteiger partial charge < -0.3 is 43.0 Å². The number of hydrogen-bond donors (Lipinski definition) is 1. The van der Waals surface area contributed by atoms with Crippen LogP contribution in [0.2, 0.25) is 0 Å². The van der Waals surface area contributed by atoms with Gasteiger partial charge in [-0.25, -0.2) is 4.39 Å². The summed E-state index contributed by atoms with van der Waals surface area (Å²) in [6.45, 7) is 4.03. The Labute approximate surface area is 251 Å². The van der Waals surface area contributed by atoms with Crippen molar-refractivity contribution in [3.05, 3.63) is 76.6 Å². The van der Waals surface area contributed by atoms with Gasteiger partial charge in [0.15, 0.2) is 11.5 Å². The predicted octanol–water partition coefficient (Wildman–Crippen LogP) is 5.35. The van der Waals surface area contributed by atoms with Gasteiger partial charge in [0.05, 0.1) is 40.1 Å². The van der Waals surface area contributed by atoms with Crippen molar-refractivity contribution in [2.45, 2.75) is 56.7 Å². The lowest BCUT2D eigenvalue weighted by Gasteiger charge is -2.36. The highest BCUT2D eigenvalue weighted by Gasteiger charge is 2.43. The number of halogens is 1. The molecule has 0 spiro atoms. The van der Waals surface area contributed by atoms with E-state index in [-0.39, 0.29) is 20.0 Å². The molecule has 0 bridgehead atoms. The molecule has 2 aliphatic rings. The minimum atomic E-state index is -0.996. The number of hydrogen-bond acceptors (Lipinski definition) is 9. The summed E-state index contributed by atoms with van der Waals surface area (Å²) in [5.41, 5.74) is 1.50. The number of benzene rings is 3. The van der Waals surface area contributed by atoms with Gasteiger partial charge in [-0.15, -0.1) is 0 Å². The van der Waals surface area contributed by atoms with Crippen LogP contribution < -0.4 is 23.7 Å². The molecule has 2 heterocycles. The van der Waals surface area contributed by atoms with Gasteiger partial charge >= 0.3 is 0 Å². The van der Waals surface area contributed by atoms with E-state index in [9.17, 15) is 5.11 Å². The number of aliphatic hydroxyl groups excluding tert-OH is 1. The Morgan fingerprint density at radius 3 is 2.35 bits per heavy atom. The molecule has 10 heteroatoms. The van der Waals surface area contributed by atoms with Crippen molar-refractivity contribution in [2.75, 3.05) is 41.8 Å². The van der Waals surface area contributed by atoms with E-state index in [2.05, 4.69) is 0 Å². The van der Waals surface area contributed by atoms with Crippen molar-refractivity contribution in [2.24, 2.45) is 0 Å². The Hall–Kier alpha value is -3.57. The van der Waals surface area contributed by atoms with Crippen molar-refractivity contribution in [1.29, 1.82) is 0 Å². The number of aliphatic hydroxyl groups is 1. The highest BCUT2D eigenvalue weighted by molar-refractivity contribution is 5.54. The zero-order chi connectivity index (χ0) is 30.7. The summed E-state index contributed by atoms with van der Waals surface area (Å²) in [4.78, 5) is 0. The van der Waals surface area contributed by atoms with Gasteiger partial charge in [-0.3, -0.25) is 0 Å². The number of ether oxygens (including phenoxy) is 8. The Morgan fingerprint density at radius 2 is 1.67 bits per heavy atom. The average Bonchev–Trinajstić information content (AvgIpc) is 3.48. The minimum absolute atomic E-state index is 0.00167. The average molecular weight is 599 g/mol. The van der Waals surface area contributed by atoms with Crippen molar-refractivity contribution < 1.29 is 47.4 Å². The van der Waals surface area contributed by atoms with Gasteiger partial charge in [-0.2, -0.15) is 0 Å². The molecule has 9 nitrogen and oxygen atoms in total. The smallest absolute Gasteiger partial charge is 0.164 e. The van der Waals surface area contributed by atoms with Crippen LogP contribution in [0.25, 0.3) is 0 Å². The molecule has 0 radical (unpaired) electrons. The molecule has 0 fully saturated rings. The lowest BCUT2D eigenvalue weighted by atomic mass is 9.82. The molecule has 0 aromatic heterocycles. The molecular formula is C33H39FO9. The summed E-state index contributed by atoms with van der Waals surface area (Å²) in [6.07, 6.45) is -2.01. The van der Waals surface area contributed by atoms with E-state index < -0.39 is 35.6 Å². The molecular weight excluding hydrogens is 559 g/mol. The molecule has 5 rings (SSSR count). The van der Waals surface area contributed by atoms with E-state index in [1.165, 1.54) is 14.2 Å². The SMILES string of the molecule is COCOC(C)(C)[C@H]1Cc2c(ccc([C@H](OCc3ccc(OC)cc3)[C@H]3c4cc(OC)c(OC)cc4OC[C@H]3O)c2F)O1. The maximum Gasteiger partial charge on any atom is 0.164 e. The Bertz CT molecular complexity index is 1410. The van der Waals surface area contributed by atoms with E-state index in [1.54, 1.807) is 38.5 Å². The highest BCUT2D eigenvalue weighted by atomic mass is 19.1. The Morgan fingerprint density at radius 1 is 0.953 bits per heavy atom. The van der Waals surface area contributed by atoms with Crippen LogP contribution in [0, 0.1) is 5.82 Å². The molecule has 1 N–H and O–H groups in total. The summed E-state index contributed by atoms with van der Waals surface area (Å²) < 4.78 is 62.3. The maximum atomic E-state index is 16.6. The summed E-state index contributed by atoms with van der Waals surface area (Å²) in [5.74, 6) is 1.49. The van der Waals surface area contributed by atoms with Gasteiger partial charge in [0.1, 0.15) is 48.2 Å². The van der Waals surface area contributed by atoms with E-state index in [0.717, 1.165) is 5.56 Å². The first kappa shape index (κ1) is 30.9. The molecule has 0 saturated heterocycles. The van der Waals surface area contributed by atoms with E-state index in [1.807, 2.05) is 38.1 Å². The third-order valence-electron chi connectivity index (χ3n) is 8.13. The third-order valence-corrected chi connectivity index (χ3v) is 8.13. The molecule has 0 saturated carbocycles. The normalized spacial score (nSPS) is 20.0. The topological polar surface area (TPSA) is 94.1 Å². The van der Waals surface area contributed by atoms with Crippen LogP contribution in [0.1, 0.15) is 48.1 Å². The molecule has 4 atom stereocenters. The molecule has 3 aromatic carbocycles. The summed E-state index contributed by atoms with van der Waals surface area (Å²) in [7, 11) is 6.22. The van der Waals surface area contributed by atoms with Gasteiger partial charge in [-0.1, -0.05) is 12.1 Å². The summed E-state index contributed by atoms with van der Waals surface area (Å²) in [5, 5.41) is 11.3. The van der Waals surface area contributed by atoms with Crippen molar-refractivity contribution in [3.8, 4) is 28.7 Å². The first-order valence-electron chi connectivity index (χ1n) is 14.1. The minimum Gasteiger partial charge on any atom is -0.497 e. The fraction of sp³-hybridized carbons (Fsp3) is 0.455. The number of rotatable bonds is 12. The monoisotopic (exact) mass is 598 g/mol. The molecule has 0 amide bonds. The lowest BCUT2D eigenvalue weighted by Crippen LogP contribution is -2.42. The second-order valence-corrected chi connectivity index (χ2v) is 11.1. The van der Waals surface area contributed by atoms with Crippen molar-refractivity contribution in [3.63, 3.8) is 0 Å². The maximum absolute atomic E-state index is 16.6. The van der Waals surface area contributed by atoms with Gasteiger partial charge in [0, 0.05) is 42.2 Å². The predicted molar refractivity (Wildman–Crippen MR) is 156 cm³/mol. The Balaban J connectivity index is 1.55. The van der Waals surface area contributed by atoms with Gasteiger partial charge in [-0.05, 0) is 49.7 Å². The fourth-order valence-electron chi connectivity index (χ4n) is 5.62. The quantitative estimate of drug-likeness (QED) is 0.277. The third kappa shape index (κ3) is 6.24. The van der Waals surface area contributed by atoms with Crippen molar-refractivity contribution >= 4 is 0 Å². The zero-order valence-corrected chi connectivity index (χ0v) is 25.3. The molecule has 0 unspecified atom stereocenters. The molecule has 2 aliphatic heterocycles. The highest BCUT2D eigenvalue weighted by Crippen LogP contribution is 2.49. The molecule has 0 aliphatic carbocycles. The first-order valence-corrected chi connectivity index (χ1v) is 14.1. The van der Waals surface area contributed by atoms with Crippen LogP contribution in [0.3, 0.4) is 0 Å². The molecule has 232 valence electrons. The summed E-state index contributed by atoms with van der Waals surface area (Å²) >= 11 is 0. The Kier molecular flexibility index (Phi) is 9.31. The van der Waals surface area contributed by atoms with Crippen LogP contribution in [-0.2, 0) is 27.2 Å². The van der Waals surface area contributed by atoms with Crippen LogP contribution in [0.4, 0.5) is 4.39 Å². The van der Waals surface area contributed by atoms with Gasteiger partial charge in [0.2, 0.25) is 0 Å². The molecule has 43 heavy (non-hydrogen) atoms. The van der Waals surface area contributed by atoms with Crippen LogP contribution in [0.15, 0.2) is 48.5 Å². The fourth-order valence-corrected chi connectivity index (χ4v) is 5.62. The van der Waals surface area contributed by atoms with Crippen molar-refractivity contribution in [1.82, 2.24) is 0 Å². The second-order valence-electron chi connectivity index (χ2n) is 11.1. The number of fused-ring (bicyclic) bond motifs is 2. The summed E-state index contributed by atoms with van der Waals surface area (Å²) in [6, 6.07) is 14.3. The standard InChI is InChI=1S/C33H39FO9/c1-33(2,42-18-36-3)29-14-23-25(43-29)12-11-21(31(23)34)32(41-16-19-7-9-20(37-4)10-8-19)30-22-13-27(38-5)28(39-6)15-26(22)40-17-24(30)35/h7-13,15,24,29-30,32,35H,14,16-18H2,1-6H3/t24-,29-,30+,32+/m1/s1. The van der Waals surface area contributed by atoms with E-state index in [0.29, 0.717) is 51.9 Å². The van der Waals surface area contributed by atoms with E-state index >= 15 is 4.39 Å². The lowest BCUT2D eigenvalue weighted by molar-refractivity contribution is -0.149. The second kappa shape index (κ2) is 13.0. The largest absolute Gasteiger partial charge is 0.497 e. The van der Waals surface area contributed by atoms with Gasteiger partial charge in [0.25, 0.3) is 0 Å². The van der Waals surface area contributed by atoms with Crippen LogP contribution in [0.5, 0.6) is 28.7 Å². The van der Waals surface area contributed by atoms with E-state index in [4.69, 9.17) is 37.9 Å².